The molecule has 0 aliphatic heterocycles. The second-order valence-corrected chi connectivity index (χ2v) is 5.12. The summed E-state index contributed by atoms with van der Waals surface area (Å²) in [6, 6.07) is 2.00. The van der Waals surface area contributed by atoms with Crippen LogP contribution < -0.4 is 4.74 Å². The second-order valence-electron chi connectivity index (χ2n) is 2.88. The van der Waals surface area contributed by atoms with Gasteiger partial charge in [0, 0.05) is 0 Å². The lowest BCUT2D eigenvalue weighted by atomic mass is 10.1. The van der Waals surface area contributed by atoms with E-state index in [-0.39, 0.29) is 0 Å². The highest BCUT2D eigenvalue weighted by molar-refractivity contribution is 9.11. The highest BCUT2D eigenvalue weighted by Crippen LogP contribution is 2.30. The Kier molecular flexibility index (Phi) is 4.09. The maximum absolute atomic E-state index is 5.59. The topological polar surface area (TPSA) is 9.23 Å². The van der Waals surface area contributed by atoms with Crippen LogP contribution in [0.4, 0.5) is 0 Å². The van der Waals surface area contributed by atoms with E-state index in [1.165, 1.54) is 6.42 Å². The summed E-state index contributed by atoms with van der Waals surface area (Å²) in [6.07, 6.45) is 1.17. The van der Waals surface area contributed by atoms with Crippen LogP contribution >= 0.6 is 27.3 Å². The zero-order chi connectivity index (χ0) is 8.97. The summed E-state index contributed by atoms with van der Waals surface area (Å²) in [4.78, 5) is 0. The van der Waals surface area contributed by atoms with Crippen molar-refractivity contribution >= 4 is 27.3 Å². The highest BCUT2D eigenvalue weighted by Gasteiger charge is 2.04. The van der Waals surface area contributed by atoms with E-state index in [9.17, 15) is 0 Å². The second kappa shape index (κ2) is 4.87. The summed E-state index contributed by atoms with van der Waals surface area (Å²) in [5, 5.41) is 2.02. The quantitative estimate of drug-likeness (QED) is 0.785. The van der Waals surface area contributed by atoms with Crippen molar-refractivity contribution in [3.05, 3.63) is 15.2 Å². The molecule has 1 rings (SSSR count). The van der Waals surface area contributed by atoms with Gasteiger partial charge in [0.15, 0.2) is 0 Å². The molecule has 0 amide bonds. The van der Waals surface area contributed by atoms with E-state index in [1.54, 1.807) is 11.3 Å². The van der Waals surface area contributed by atoms with Gasteiger partial charge < -0.3 is 4.74 Å². The molecule has 0 bridgehead atoms. The maximum atomic E-state index is 5.59. The van der Waals surface area contributed by atoms with Crippen molar-refractivity contribution in [1.82, 2.24) is 0 Å². The first-order valence-electron chi connectivity index (χ1n) is 4.09. The van der Waals surface area contributed by atoms with E-state index in [4.69, 9.17) is 4.74 Å². The van der Waals surface area contributed by atoms with E-state index >= 15 is 0 Å². The molecule has 1 atom stereocenters. The van der Waals surface area contributed by atoms with E-state index in [1.807, 2.05) is 11.4 Å². The van der Waals surface area contributed by atoms with E-state index in [0.29, 0.717) is 5.92 Å². The largest absolute Gasteiger partial charge is 0.491 e. The Bertz CT molecular complexity index is 234. The van der Waals surface area contributed by atoms with Gasteiger partial charge in [-0.1, -0.05) is 20.3 Å². The number of ether oxygens (including phenoxy) is 1. The highest BCUT2D eigenvalue weighted by atomic mass is 79.9. The first-order chi connectivity index (χ1) is 5.74. The monoisotopic (exact) mass is 248 g/mol. The van der Waals surface area contributed by atoms with Crippen LogP contribution in [-0.2, 0) is 0 Å². The molecule has 1 aromatic rings. The van der Waals surface area contributed by atoms with Crippen molar-refractivity contribution < 1.29 is 4.74 Å². The zero-order valence-corrected chi connectivity index (χ0v) is 9.74. The summed E-state index contributed by atoms with van der Waals surface area (Å²) in [7, 11) is 0. The standard InChI is InChI=1S/C9H13BrOS/c1-3-7(2)6-11-8-4-5-12-9(8)10/h4-5,7H,3,6H2,1-2H3. The summed E-state index contributed by atoms with van der Waals surface area (Å²) in [5.41, 5.74) is 0. The molecule has 12 heavy (non-hydrogen) atoms. The number of rotatable bonds is 4. The van der Waals surface area contributed by atoms with Gasteiger partial charge in [-0.2, -0.15) is 0 Å². The lowest BCUT2D eigenvalue weighted by Gasteiger charge is -2.09. The minimum absolute atomic E-state index is 0.636. The smallest absolute Gasteiger partial charge is 0.144 e. The van der Waals surface area contributed by atoms with Gasteiger partial charge in [0.05, 0.1) is 6.61 Å². The van der Waals surface area contributed by atoms with E-state index in [2.05, 4.69) is 29.8 Å². The molecule has 0 saturated carbocycles. The van der Waals surface area contributed by atoms with Crippen molar-refractivity contribution in [2.75, 3.05) is 6.61 Å². The molecule has 0 fully saturated rings. The minimum atomic E-state index is 0.636. The third kappa shape index (κ3) is 2.79. The fourth-order valence-electron chi connectivity index (χ4n) is 0.734. The molecule has 1 heterocycles. The van der Waals surface area contributed by atoms with E-state index < -0.39 is 0 Å². The van der Waals surface area contributed by atoms with Crippen LogP contribution in [0.1, 0.15) is 20.3 Å². The Morgan fingerprint density at radius 1 is 1.67 bits per heavy atom. The Hall–Kier alpha value is -0.0200. The predicted molar refractivity (Wildman–Crippen MR) is 57.0 cm³/mol. The van der Waals surface area contributed by atoms with Gasteiger partial charge in [0.1, 0.15) is 9.54 Å². The van der Waals surface area contributed by atoms with E-state index in [0.717, 1.165) is 16.1 Å². The Morgan fingerprint density at radius 3 is 2.92 bits per heavy atom. The van der Waals surface area contributed by atoms with Crippen molar-refractivity contribution in [2.24, 2.45) is 5.92 Å². The van der Waals surface area contributed by atoms with Gasteiger partial charge in [0.25, 0.3) is 0 Å². The van der Waals surface area contributed by atoms with Crippen LogP contribution in [0.5, 0.6) is 5.75 Å². The molecule has 1 aromatic heterocycles. The van der Waals surface area contributed by atoms with Crippen molar-refractivity contribution in [3.63, 3.8) is 0 Å². The fourth-order valence-corrected chi connectivity index (χ4v) is 1.86. The molecule has 0 aromatic carbocycles. The predicted octanol–water partition coefficient (Wildman–Crippen LogP) is 3.94. The zero-order valence-electron chi connectivity index (χ0n) is 7.34. The molecule has 3 heteroatoms. The van der Waals surface area contributed by atoms with Crippen molar-refractivity contribution in [2.45, 2.75) is 20.3 Å². The van der Waals surface area contributed by atoms with Crippen LogP contribution in [0.3, 0.4) is 0 Å². The minimum Gasteiger partial charge on any atom is -0.491 e. The maximum Gasteiger partial charge on any atom is 0.144 e. The Balaban J connectivity index is 2.38. The molecule has 1 nitrogen and oxygen atoms in total. The lowest BCUT2D eigenvalue weighted by molar-refractivity contribution is 0.256. The van der Waals surface area contributed by atoms with Crippen LogP contribution in [0.25, 0.3) is 0 Å². The number of hydrogen-bond acceptors (Lipinski definition) is 2. The number of hydrogen-bond donors (Lipinski definition) is 0. The molecule has 68 valence electrons. The average Bonchev–Trinajstić information content (AvgIpc) is 2.47. The summed E-state index contributed by atoms with van der Waals surface area (Å²) in [6.45, 7) is 5.18. The first-order valence-corrected chi connectivity index (χ1v) is 5.77. The third-order valence-corrected chi connectivity index (χ3v) is 3.44. The lowest BCUT2D eigenvalue weighted by Crippen LogP contribution is -2.06. The van der Waals surface area contributed by atoms with Gasteiger partial charge >= 0.3 is 0 Å². The SMILES string of the molecule is CCC(C)COc1ccsc1Br. The van der Waals surface area contributed by atoms with Gasteiger partial charge in [-0.15, -0.1) is 11.3 Å². The first kappa shape index (κ1) is 10.1. The number of thiophene rings is 1. The van der Waals surface area contributed by atoms with Gasteiger partial charge in [-0.25, -0.2) is 0 Å². The van der Waals surface area contributed by atoms with Crippen molar-refractivity contribution in [1.29, 1.82) is 0 Å². The molecule has 0 radical (unpaired) electrons. The molecule has 0 N–H and O–H groups in total. The summed E-state index contributed by atoms with van der Waals surface area (Å²) < 4.78 is 6.68. The average molecular weight is 249 g/mol. The molecule has 0 saturated heterocycles. The number of halogens is 1. The molecular formula is C9H13BrOS. The van der Waals surface area contributed by atoms with Gasteiger partial charge in [0.2, 0.25) is 0 Å². The Labute approximate surface area is 85.9 Å². The summed E-state index contributed by atoms with van der Waals surface area (Å²) >= 11 is 5.09. The van der Waals surface area contributed by atoms with Crippen LogP contribution in [0.15, 0.2) is 15.2 Å². The third-order valence-electron chi connectivity index (χ3n) is 1.80. The summed E-state index contributed by atoms with van der Waals surface area (Å²) in [5.74, 6) is 1.61. The molecule has 0 aliphatic carbocycles. The van der Waals surface area contributed by atoms with Crippen LogP contribution in [0.2, 0.25) is 0 Å². The molecule has 0 aliphatic rings. The van der Waals surface area contributed by atoms with Gasteiger partial charge in [-0.05, 0) is 33.3 Å². The molecule has 1 unspecified atom stereocenters. The van der Waals surface area contributed by atoms with Gasteiger partial charge in [-0.3, -0.25) is 0 Å². The molecule has 0 spiro atoms. The van der Waals surface area contributed by atoms with Crippen LogP contribution in [0, 0.1) is 5.92 Å². The van der Waals surface area contributed by atoms with Crippen molar-refractivity contribution in [3.8, 4) is 5.75 Å². The molecular weight excluding hydrogens is 236 g/mol. The fraction of sp³-hybridized carbons (Fsp3) is 0.556. The van der Waals surface area contributed by atoms with Crippen LogP contribution in [-0.4, -0.2) is 6.61 Å². The Morgan fingerprint density at radius 2 is 2.42 bits per heavy atom. The normalized spacial score (nSPS) is 12.9.